The Labute approximate surface area is 162 Å². The number of amides is 3. The van der Waals surface area contributed by atoms with Gasteiger partial charge in [0.15, 0.2) is 0 Å². The number of carbonyl (C=O) groups excluding carboxylic acids is 2. The van der Waals surface area contributed by atoms with Gasteiger partial charge >= 0.3 is 6.03 Å². The predicted molar refractivity (Wildman–Crippen MR) is 110 cm³/mol. The minimum Gasteiger partial charge on any atom is -0.371 e. The van der Waals surface area contributed by atoms with Gasteiger partial charge in [0, 0.05) is 44.1 Å². The van der Waals surface area contributed by atoms with E-state index >= 15 is 0 Å². The summed E-state index contributed by atoms with van der Waals surface area (Å²) >= 11 is 0. The van der Waals surface area contributed by atoms with Crippen molar-refractivity contribution in [2.24, 2.45) is 0 Å². The summed E-state index contributed by atoms with van der Waals surface area (Å²) < 4.78 is 0. The standard InChI is InChI=1S/C21H32N4O2/c1-2-3-11-22-21(27)23-17-9-10-19(24-12-7-8-13-24)18(16-17)20(26)25-14-5-4-6-15-25/h9-10,16H,2-8,11-15H2,1H3,(H2,22,23,27). The molecule has 6 nitrogen and oxygen atoms in total. The lowest BCUT2D eigenvalue weighted by Gasteiger charge is -2.29. The molecule has 6 heteroatoms. The first-order valence-corrected chi connectivity index (χ1v) is 10.4. The predicted octanol–water partition coefficient (Wildman–Crippen LogP) is 3.83. The largest absolute Gasteiger partial charge is 0.371 e. The number of nitrogens with zero attached hydrogens (tertiary/aromatic N) is 2. The maximum absolute atomic E-state index is 13.2. The Morgan fingerprint density at radius 1 is 1.00 bits per heavy atom. The average Bonchev–Trinajstić information content (AvgIpc) is 3.23. The zero-order valence-corrected chi connectivity index (χ0v) is 16.4. The molecule has 1 aromatic rings. The highest BCUT2D eigenvalue weighted by molar-refractivity contribution is 6.02. The molecule has 2 aliphatic rings. The van der Waals surface area contributed by atoms with Crippen LogP contribution >= 0.6 is 0 Å². The molecule has 0 bridgehead atoms. The molecule has 27 heavy (non-hydrogen) atoms. The van der Waals surface area contributed by atoms with Crippen molar-refractivity contribution in [2.75, 3.05) is 42.9 Å². The van der Waals surface area contributed by atoms with Crippen LogP contribution in [0.25, 0.3) is 0 Å². The molecular formula is C21H32N4O2. The summed E-state index contributed by atoms with van der Waals surface area (Å²) in [5.41, 5.74) is 2.39. The fourth-order valence-corrected chi connectivity index (χ4v) is 3.84. The zero-order valence-electron chi connectivity index (χ0n) is 16.4. The molecule has 2 aliphatic heterocycles. The molecule has 148 valence electrons. The van der Waals surface area contributed by atoms with Gasteiger partial charge in [0.05, 0.1) is 5.56 Å². The second-order valence-electron chi connectivity index (χ2n) is 7.51. The Morgan fingerprint density at radius 2 is 1.70 bits per heavy atom. The number of rotatable bonds is 6. The van der Waals surface area contributed by atoms with E-state index in [1.807, 2.05) is 23.1 Å². The van der Waals surface area contributed by atoms with Crippen LogP contribution in [0.3, 0.4) is 0 Å². The minimum atomic E-state index is -0.214. The molecule has 2 N–H and O–H groups in total. The molecule has 0 aromatic heterocycles. The molecule has 2 heterocycles. The van der Waals surface area contributed by atoms with Crippen LogP contribution in [0.5, 0.6) is 0 Å². The highest BCUT2D eigenvalue weighted by Gasteiger charge is 2.25. The Bertz CT molecular complexity index is 650. The molecule has 1 aromatic carbocycles. The maximum atomic E-state index is 13.2. The average molecular weight is 373 g/mol. The topological polar surface area (TPSA) is 64.7 Å². The van der Waals surface area contributed by atoms with E-state index in [0.29, 0.717) is 17.8 Å². The van der Waals surface area contributed by atoms with Crippen LogP contribution in [-0.4, -0.2) is 49.6 Å². The van der Waals surface area contributed by atoms with Crippen LogP contribution in [0.15, 0.2) is 18.2 Å². The molecule has 0 aliphatic carbocycles. The van der Waals surface area contributed by atoms with Gasteiger partial charge in [-0.3, -0.25) is 4.79 Å². The fourth-order valence-electron chi connectivity index (χ4n) is 3.84. The molecule has 2 saturated heterocycles. The highest BCUT2D eigenvalue weighted by atomic mass is 16.2. The summed E-state index contributed by atoms with van der Waals surface area (Å²) in [6.45, 7) is 6.39. The first-order valence-electron chi connectivity index (χ1n) is 10.4. The van der Waals surface area contributed by atoms with E-state index in [0.717, 1.165) is 70.4 Å². The molecule has 0 unspecified atom stereocenters. The van der Waals surface area contributed by atoms with Crippen molar-refractivity contribution in [3.63, 3.8) is 0 Å². The molecule has 2 fully saturated rings. The first-order chi connectivity index (χ1) is 13.2. The Morgan fingerprint density at radius 3 is 2.41 bits per heavy atom. The lowest BCUT2D eigenvalue weighted by Crippen LogP contribution is -2.37. The van der Waals surface area contributed by atoms with E-state index in [9.17, 15) is 9.59 Å². The number of urea groups is 1. The maximum Gasteiger partial charge on any atom is 0.319 e. The summed E-state index contributed by atoms with van der Waals surface area (Å²) in [5.74, 6) is 0.0895. The van der Waals surface area contributed by atoms with Gasteiger partial charge in [0.1, 0.15) is 0 Å². The lowest BCUT2D eigenvalue weighted by molar-refractivity contribution is 0.0725. The van der Waals surface area contributed by atoms with E-state index in [-0.39, 0.29) is 11.9 Å². The van der Waals surface area contributed by atoms with E-state index in [2.05, 4.69) is 22.5 Å². The summed E-state index contributed by atoms with van der Waals surface area (Å²) in [7, 11) is 0. The number of benzene rings is 1. The minimum absolute atomic E-state index is 0.0895. The monoisotopic (exact) mass is 372 g/mol. The van der Waals surface area contributed by atoms with Gasteiger partial charge in [-0.15, -0.1) is 0 Å². The van der Waals surface area contributed by atoms with Gasteiger partial charge in [-0.1, -0.05) is 13.3 Å². The molecule has 0 radical (unpaired) electrons. The van der Waals surface area contributed by atoms with Crippen LogP contribution < -0.4 is 15.5 Å². The second kappa shape index (κ2) is 9.62. The number of unbranched alkanes of at least 4 members (excludes halogenated alkanes) is 1. The number of hydrogen-bond acceptors (Lipinski definition) is 3. The van der Waals surface area contributed by atoms with Crippen LogP contribution in [0, 0.1) is 0 Å². The SMILES string of the molecule is CCCCNC(=O)Nc1ccc(N2CCCC2)c(C(=O)N2CCCCC2)c1. The van der Waals surface area contributed by atoms with Crippen molar-refractivity contribution < 1.29 is 9.59 Å². The fraction of sp³-hybridized carbons (Fsp3) is 0.619. The highest BCUT2D eigenvalue weighted by Crippen LogP contribution is 2.29. The number of carbonyl (C=O) groups is 2. The Balaban J connectivity index is 1.78. The van der Waals surface area contributed by atoms with Crippen LogP contribution in [0.1, 0.15) is 62.2 Å². The summed E-state index contributed by atoms with van der Waals surface area (Å²) in [6.07, 6.45) is 7.67. The molecule has 0 spiro atoms. The van der Waals surface area contributed by atoms with Crippen LogP contribution in [0.4, 0.5) is 16.2 Å². The third-order valence-corrected chi connectivity index (χ3v) is 5.39. The Hall–Kier alpha value is -2.24. The molecule has 0 saturated carbocycles. The van der Waals surface area contributed by atoms with Crippen LogP contribution in [-0.2, 0) is 0 Å². The second-order valence-corrected chi connectivity index (χ2v) is 7.51. The molecule has 3 amide bonds. The van der Waals surface area contributed by atoms with Crippen molar-refractivity contribution in [3.8, 4) is 0 Å². The summed E-state index contributed by atoms with van der Waals surface area (Å²) in [5, 5.41) is 5.74. The Kier molecular flexibility index (Phi) is 6.96. The first kappa shape index (κ1) is 19.5. The van der Waals surface area contributed by atoms with Gasteiger partial charge in [0.2, 0.25) is 0 Å². The van der Waals surface area contributed by atoms with E-state index in [1.165, 1.54) is 6.42 Å². The number of likely N-dealkylation sites (tertiary alicyclic amines) is 1. The third-order valence-electron chi connectivity index (χ3n) is 5.39. The van der Waals surface area contributed by atoms with Crippen molar-refractivity contribution in [1.82, 2.24) is 10.2 Å². The van der Waals surface area contributed by atoms with Crippen LogP contribution in [0.2, 0.25) is 0 Å². The number of hydrogen-bond donors (Lipinski definition) is 2. The summed E-state index contributed by atoms with van der Waals surface area (Å²) in [4.78, 5) is 29.5. The van der Waals surface area contributed by atoms with Crippen molar-refractivity contribution in [3.05, 3.63) is 23.8 Å². The van der Waals surface area contributed by atoms with E-state index in [1.54, 1.807) is 0 Å². The molecule has 3 rings (SSSR count). The van der Waals surface area contributed by atoms with Crippen molar-refractivity contribution >= 4 is 23.3 Å². The number of piperidine rings is 1. The lowest BCUT2D eigenvalue weighted by atomic mass is 10.1. The van der Waals surface area contributed by atoms with Gasteiger partial charge < -0.3 is 20.4 Å². The van der Waals surface area contributed by atoms with Gasteiger partial charge in [-0.2, -0.15) is 0 Å². The van der Waals surface area contributed by atoms with E-state index < -0.39 is 0 Å². The van der Waals surface area contributed by atoms with Gasteiger partial charge in [-0.05, 0) is 56.7 Å². The smallest absolute Gasteiger partial charge is 0.319 e. The van der Waals surface area contributed by atoms with Crippen molar-refractivity contribution in [2.45, 2.75) is 51.9 Å². The normalized spacial score (nSPS) is 17.1. The number of nitrogens with one attached hydrogen (secondary N) is 2. The van der Waals surface area contributed by atoms with Gasteiger partial charge in [0.25, 0.3) is 5.91 Å². The van der Waals surface area contributed by atoms with Gasteiger partial charge in [-0.25, -0.2) is 4.79 Å². The summed E-state index contributed by atoms with van der Waals surface area (Å²) in [6, 6.07) is 5.53. The van der Waals surface area contributed by atoms with Crippen molar-refractivity contribution in [1.29, 1.82) is 0 Å². The molecular weight excluding hydrogens is 340 g/mol. The van der Waals surface area contributed by atoms with E-state index in [4.69, 9.17) is 0 Å². The quantitative estimate of drug-likeness (QED) is 0.746. The number of anilines is 2. The third kappa shape index (κ3) is 5.15. The zero-order chi connectivity index (χ0) is 19.1. The molecule has 0 atom stereocenters.